The van der Waals surface area contributed by atoms with Gasteiger partial charge in [-0.2, -0.15) is 0 Å². The van der Waals surface area contributed by atoms with Gasteiger partial charge in [0.1, 0.15) is 0 Å². The summed E-state index contributed by atoms with van der Waals surface area (Å²) >= 11 is 0. The number of carbonyl (C=O) groups is 1. The van der Waals surface area contributed by atoms with Crippen molar-refractivity contribution < 1.29 is 4.79 Å². The van der Waals surface area contributed by atoms with Gasteiger partial charge in [0, 0.05) is 37.6 Å². The van der Waals surface area contributed by atoms with Crippen LogP contribution in [-0.2, 0) is 4.79 Å². The number of hydrogen-bond donors (Lipinski definition) is 1. The fourth-order valence-corrected chi connectivity index (χ4v) is 4.63. The topological polar surface area (TPSA) is 35.6 Å². The third kappa shape index (κ3) is 3.59. The van der Waals surface area contributed by atoms with Gasteiger partial charge in [-0.15, -0.1) is 0 Å². The summed E-state index contributed by atoms with van der Waals surface area (Å²) in [4.78, 5) is 17.4. The Kier molecular flexibility index (Phi) is 4.85. The zero-order valence-electron chi connectivity index (χ0n) is 13.7. The maximum atomic E-state index is 12.8. The highest BCUT2D eigenvalue weighted by Gasteiger charge is 2.35. The average molecular weight is 293 g/mol. The Morgan fingerprint density at radius 1 is 1.19 bits per heavy atom. The number of nitrogens with zero attached hydrogens (tertiary/aromatic N) is 2. The summed E-state index contributed by atoms with van der Waals surface area (Å²) in [6.45, 7) is 5.34. The SMILES string of the molecule is CCC1CN(C)CCCN1C(=O)CC1CC2CCC(C1)N2. The van der Waals surface area contributed by atoms with Crippen molar-refractivity contribution >= 4 is 5.91 Å². The van der Waals surface area contributed by atoms with Gasteiger partial charge >= 0.3 is 0 Å². The lowest BCUT2D eigenvalue weighted by atomic mass is 9.89. The Hall–Kier alpha value is -0.610. The molecule has 3 heterocycles. The molecule has 21 heavy (non-hydrogen) atoms. The largest absolute Gasteiger partial charge is 0.338 e. The van der Waals surface area contributed by atoms with E-state index in [9.17, 15) is 4.79 Å². The summed E-state index contributed by atoms with van der Waals surface area (Å²) in [5.41, 5.74) is 0. The van der Waals surface area contributed by atoms with Crippen LogP contribution in [-0.4, -0.2) is 60.5 Å². The third-order valence-corrected chi connectivity index (χ3v) is 5.73. The molecule has 3 saturated heterocycles. The maximum Gasteiger partial charge on any atom is 0.223 e. The fraction of sp³-hybridized carbons (Fsp3) is 0.941. The molecule has 3 fully saturated rings. The van der Waals surface area contributed by atoms with E-state index >= 15 is 0 Å². The normalized spacial score (nSPS) is 37.5. The first-order valence-electron chi connectivity index (χ1n) is 8.89. The molecule has 1 N–H and O–H groups in total. The molecule has 1 amide bonds. The van der Waals surface area contributed by atoms with Crippen molar-refractivity contribution in [3.05, 3.63) is 0 Å². The van der Waals surface area contributed by atoms with E-state index in [4.69, 9.17) is 0 Å². The molecule has 3 aliphatic rings. The summed E-state index contributed by atoms with van der Waals surface area (Å²) in [7, 11) is 2.18. The Balaban J connectivity index is 1.58. The maximum absolute atomic E-state index is 12.8. The molecule has 3 atom stereocenters. The van der Waals surface area contributed by atoms with Crippen molar-refractivity contribution in [2.24, 2.45) is 5.92 Å². The van der Waals surface area contributed by atoms with Crippen molar-refractivity contribution in [1.29, 1.82) is 0 Å². The van der Waals surface area contributed by atoms with Crippen LogP contribution in [0.3, 0.4) is 0 Å². The molecule has 0 aromatic carbocycles. The van der Waals surface area contributed by atoms with Crippen LogP contribution in [0.15, 0.2) is 0 Å². The van der Waals surface area contributed by atoms with Crippen molar-refractivity contribution in [3.63, 3.8) is 0 Å². The summed E-state index contributed by atoms with van der Waals surface area (Å²) in [6, 6.07) is 1.81. The summed E-state index contributed by atoms with van der Waals surface area (Å²) in [6.07, 6.45) is 8.06. The molecular weight excluding hydrogens is 262 g/mol. The van der Waals surface area contributed by atoms with Gasteiger partial charge in [0.2, 0.25) is 5.91 Å². The Labute approximate surface area is 129 Å². The van der Waals surface area contributed by atoms with E-state index in [0.717, 1.165) is 38.9 Å². The number of likely N-dealkylation sites (N-methyl/N-ethyl adjacent to an activating group) is 1. The lowest BCUT2D eigenvalue weighted by Crippen LogP contribution is -2.45. The molecule has 3 rings (SSSR count). The Morgan fingerprint density at radius 3 is 2.57 bits per heavy atom. The van der Waals surface area contributed by atoms with Crippen molar-refractivity contribution in [2.75, 3.05) is 26.7 Å². The molecule has 0 aromatic rings. The van der Waals surface area contributed by atoms with Gasteiger partial charge in [-0.25, -0.2) is 0 Å². The summed E-state index contributed by atoms with van der Waals surface area (Å²) in [5, 5.41) is 3.68. The van der Waals surface area contributed by atoms with Gasteiger partial charge in [-0.1, -0.05) is 6.92 Å². The van der Waals surface area contributed by atoms with E-state index < -0.39 is 0 Å². The number of nitrogens with one attached hydrogen (secondary N) is 1. The molecule has 0 aromatic heterocycles. The van der Waals surface area contributed by atoms with E-state index in [2.05, 4.69) is 29.1 Å². The van der Waals surface area contributed by atoms with E-state index in [1.165, 1.54) is 25.7 Å². The first kappa shape index (κ1) is 15.3. The van der Waals surface area contributed by atoms with Gasteiger partial charge in [-0.05, 0) is 58.0 Å². The smallest absolute Gasteiger partial charge is 0.223 e. The number of amides is 1. The zero-order valence-corrected chi connectivity index (χ0v) is 13.7. The van der Waals surface area contributed by atoms with Gasteiger partial charge in [0.15, 0.2) is 0 Å². The number of piperidine rings is 1. The first-order valence-corrected chi connectivity index (χ1v) is 8.89. The lowest BCUT2D eigenvalue weighted by Gasteiger charge is -2.34. The molecular formula is C17H31N3O. The lowest BCUT2D eigenvalue weighted by molar-refractivity contribution is -0.134. The number of carbonyl (C=O) groups excluding carboxylic acids is 1. The molecule has 3 unspecified atom stereocenters. The van der Waals surface area contributed by atoms with Crippen molar-refractivity contribution in [3.8, 4) is 0 Å². The van der Waals surface area contributed by atoms with Crippen molar-refractivity contribution in [1.82, 2.24) is 15.1 Å². The van der Waals surface area contributed by atoms with E-state index in [-0.39, 0.29) is 0 Å². The van der Waals surface area contributed by atoms with Crippen LogP contribution in [0.2, 0.25) is 0 Å². The van der Waals surface area contributed by atoms with E-state index in [1.54, 1.807) is 0 Å². The molecule has 4 heteroatoms. The van der Waals surface area contributed by atoms with Crippen molar-refractivity contribution in [2.45, 2.75) is 70.0 Å². The molecule has 0 spiro atoms. The molecule has 2 bridgehead atoms. The highest BCUT2D eigenvalue weighted by atomic mass is 16.2. The second-order valence-electron chi connectivity index (χ2n) is 7.44. The van der Waals surface area contributed by atoms with Gasteiger partial charge in [0.25, 0.3) is 0 Å². The number of rotatable bonds is 3. The highest BCUT2D eigenvalue weighted by molar-refractivity contribution is 5.77. The predicted molar refractivity (Wildman–Crippen MR) is 85.2 cm³/mol. The second-order valence-corrected chi connectivity index (χ2v) is 7.44. The molecule has 0 saturated carbocycles. The quantitative estimate of drug-likeness (QED) is 0.862. The van der Waals surface area contributed by atoms with Crippen LogP contribution in [0.5, 0.6) is 0 Å². The van der Waals surface area contributed by atoms with Crippen LogP contribution in [0.25, 0.3) is 0 Å². The molecule has 0 radical (unpaired) electrons. The minimum atomic E-state index is 0.420. The van der Waals surface area contributed by atoms with Gasteiger partial charge < -0.3 is 15.1 Å². The Bertz CT molecular complexity index is 361. The molecule has 120 valence electrons. The Morgan fingerprint density at radius 2 is 1.90 bits per heavy atom. The third-order valence-electron chi connectivity index (χ3n) is 5.73. The first-order chi connectivity index (χ1) is 10.2. The highest BCUT2D eigenvalue weighted by Crippen LogP contribution is 2.33. The van der Waals surface area contributed by atoms with Crippen LogP contribution < -0.4 is 5.32 Å². The van der Waals surface area contributed by atoms with E-state index in [0.29, 0.717) is 30.0 Å². The monoisotopic (exact) mass is 293 g/mol. The average Bonchev–Trinajstić information content (AvgIpc) is 2.69. The number of fused-ring (bicyclic) bond motifs is 2. The van der Waals surface area contributed by atoms with E-state index in [1.807, 2.05) is 0 Å². The predicted octanol–water partition coefficient (Wildman–Crippen LogP) is 1.85. The van der Waals surface area contributed by atoms with Crippen LogP contribution in [0.1, 0.15) is 51.9 Å². The van der Waals surface area contributed by atoms with Crippen LogP contribution in [0.4, 0.5) is 0 Å². The van der Waals surface area contributed by atoms with Gasteiger partial charge in [-0.3, -0.25) is 4.79 Å². The molecule has 0 aliphatic carbocycles. The fourth-order valence-electron chi connectivity index (χ4n) is 4.63. The second kappa shape index (κ2) is 6.66. The minimum Gasteiger partial charge on any atom is -0.338 e. The van der Waals surface area contributed by atoms with Crippen LogP contribution >= 0.6 is 0 Å². The minimum absolute atomic E-state index is 0.420. The van der Waals surface area contributed by atoms with Gasteiger partial charge in [0.05, 0.1) is 0 Å². The molecule has 3 aliphatic heterocycles. The van der Waals surface area contributed by atoms with Crippen LogP contribution in [0, 0.1) is 5.92 Å². The molecule has 4 nitrogen and oxygen atoms in total. The summed E-state index contributed by atoms with van der Waals surface area (Å²) < 4.78 is 0. The summed E-state index contributed by atoms with van der Waals surface area (Å²) in [5.74, 6) is 1.04. The standard InChI is InChI=1S/C17H31N3O/c1-3-16-12-19(2)7-4-8-20(16)17(21)11-13-9-14-5-6-15(10-13)18-14/h13-16,18H,3-12H2,1-2H3. The number of hydrogen-bond acceptors (Lipinski definition) is 3. The zero-order chi connectivity index (χ0) is 14.8.